The Kier molecular flexibility index (Phi) is 6.63. The predicted octanol–water partition coefficient (Wildman–Crippen LogP) is 3.71. The highest BCUT2D eigenvalue weighted by Crippen LogP contribution is 2.49. The molecule has 0 aliphatic rings. The van der Waals surface area contributed by atoms with E-state index in [-0.39, 0.29) is 35.5 Å². The van der Waals surface area contributed by atoms with E-state index in [4.69, 9.17) is 13.8 Å². The smallest absolute Gasteiger partial charge is 0.365 e. The lowest BCUT2D eigenvalue weighted by Gasteiger charge is -2.19. The number of non-ortho nitro benzene ring substituents is 1. The maximum Gasteiger partial charge on any atom is 0.365 e. The van der Waals surface area contributed by atoms with E-state index in [1.165, 1.54) is 30.3 Å². The van der Waals surface area contributed by atoms with E-state index in [0.717, 1.165) is 6.07 Å². The Labute approximate surface area is 150 Å². The molecular formula is C17H18NO7P. The summed E-state index contributed by atoms with van der Waals surface area (Å²) < 4.78 is 28.9. The van der Waals surface area contributed by atoms with Gasteiger partial charge in [0.25, 0.3) is 5.69 Å². The van der Waals surface area contributed by atoms with E-state index >= 15 is 0 Å². The normalized spacial score (nSPS) is 11.2. The average molecular weight is 379 g/mol. The molecule has 2 rings (SSSR count). The SMILES string of the molecule is CCOP(=O)(OCC)c1ccccc1OC(=O)c1cccc([N+](=O)[O-])c1. The summed E-state index contributed by atoms with van der Waals surface area (Å²) in [6.07, 6.45) is 0. The summed E-state index contributed by atoms with van der Waals surface area (Å²) in [5.74, 6) is -0.810. The van der Waals surface area contributed by atoms with Crippen molar-refractivity contribution in [1.29, 1.82) is 0 Å². The molecule has 2 aromatic carbocycles. The van der Waals surface area contributed by atoms with Crippen LogP contribution in [0.5, 0.6) is 5.75 Å². The van der Waals surface area contributed by atoms with Gasteiger partial charge < -0.3 is 13.8 Å². The van der Waals surface area contributed by atoms with Crippen LogP contribution in [0.1, 0.15) is 24.2 Å². The van der Waals surface area contributed by atoms with Gasteiger partial charge in [0.05, 0.1) is 23.7 Å². The summed E-state index contributed by atoms with van der Waals surface area (Å²) in [5.41, 5.74) is -0.237. The molecule has 0 radical (unpaired) electrons. The number of para-hydroxylation sites is 1. The fourth-order valence-electron chi connectivity index (χ4n) is 2.19. The molecule has 9 heteroatoms. The number of nitrogens with zero attached hydrogens (tertiary/aromatic N) is 1. The minimum atomic E-state index is -3.67. The second-order valence-electron chi connectivity index (χ2n) is 5.00. The van der Waals surface area contributed by atoms with Crippen LogP contribution in [0.3, 0.4) is 0 Å². The van der Waals surface area contributed by atoms with Crippen molar-refractivity contribution in [1.82, 2.24) is 0 Å². The average Bonchev–Trinajstić information content (AvgIpc) is 2.62. The van der Waals surface area contributed by atoms with Gasteiger partial charge >= 0.3 is 13.6 Å². The molecular weight excluding hydrogens is 361 g/mol. The molecule has 2 aromatic rings. The summed E-state index contributed by atoms with van der Waals surface area (Å²) in [5, 5.41) is 11.0. The van der Waals surface area contributed by atoms with E-state index in [2.05, 4.69) is 0 Å². The molecule has 0 unspecified atom stereocenters. The van der Waals surface area contributed by atoms with Crippen LogP contribution in [-0.2, 0) is 13.6 Å². The Bertz CT molecular complexity index is 843. The van der Waals surface area contributed by atoms with Gasteiger partial charge in [-0.15, -0.1) is 0 Å². The van der Waals surface area contributed by atoms with Gasteiger partial charge in [-0.2, -0.15) is 0 Å². The molecule has 0 aliphatic carbocycles. The molecule has 26 heavy (non-hydrogen) atoms. The third-order valence-electron chi connectivity index (χ3n) is 3.25. The molecule has 0 aromatic heterocycles. The lowest BCUT2D eigenvalue weighted by atomic mass is 10.2. The second kappa shape index (κ2) is 8.71. The molecule has 138 valence electrons. The number of hydrogen-bond acceptors (Lipinski definition) is 7. The second-order valence-corrected chi connectivity index (χ2v) is 6.99. The Morgan fingerprint density at radius 1 is 1.08 bits per heavy atom. The van der Waals surface area contributed by atoms with Crippen LogP contribution in [0.15, 0.2) is 48.5 Å². The molecule has 0 amide bonds. The number of nitro groups is 1. The Hall–Kier alpha value is -2.54. The Morgan fingerprint density at radius 3 is 2.35 bits per heavy atom. The zero-order chi connectivity index (χ0) is 19.2. The first-order chi connectivity index (χ1) is 12.4. The summed E-state index contributed by atoms with van der Waals surface area (Å²) in [7, 11) is -3.67. The van der Waals surface area contributed by atoms with Gasteiger partial charge in [0.1, 0.15) is 11.1 Å². The number of benzene rings is 2. The van der Waals surface area contributed by atoms with Crippen LogP contribution in [0.25, 0.3) is 0 Å². The van der Waals surface area contributed by atoms with Crippen molar-refractivity contribution >= 4 is 24.6 Å². The third-order valence-corrected chi connectivity index (χ3v) is 5.41. The molecule has 0 N–H and O–H groups in total. The zero-order valence-corrected chi connectivity index (χ0v) is 15.2. The van der Waals surface area contributed by atoms with Crippen LogP contribution in [0, 0.1) is 10.1 Å². The summed E-state index contributed by atoms with van der Waals surface area (Å²) in [4.78, 5) is 22.6. The topological polar surface area (TPSA) is 105 Å². The summed E-state index contributed by atoms with van der Waals surface area (Å²) in [6, 6.07) is 11.3. The monoisotopic (exact) mass is 379 g/mol. The molecule has 8 nitrogen and oxygen atoms in total. The zero-order valence-electron chi connectivity index (χ0n) is 14.3. The van der Waals surface area contributed by atoms with Gasteiger partial charge in [-0.1, -0.05) is 18.2 Å². The summed E-state index contributed by atoms with van der Waals surface area (Å²) in [6.45, 7) is 3.63. The molecule has 0 heterocycles. The fraction of sp³-hybridized carbons (Fsp3) is 0.235. The lowest BCUT2D eigenvalue weighted by molar-refractivity contribution is -0.384. The highest BCUT2D eigenvalue weighted by Gasteiger charge is 2.31. The van der Waals surface area contributed by atoms with Gasteiger partial charge in [0.2, 0.25) is 0 Å². The molecule has 0 saturated heterocycles. The van der Waals surface area contributed by atoms with Gasteiger partial charge in [-0.25, -0.2) is 4.79 Å². The van der Waals surface area contributed by atoms with Gasteiger partial charge in [0.15, 0.2) is 0 Å². The Morgan fingerprint density at radius 2 is 1.73 bits per heavy atom. The van der Waals surface area contributed by atoms with E-state index < -0.39 is 18.5 Å². The molecule has 0 atom stereocenters. The van der Waals surface area contributed by atoms with Gasteiger partial charge in [-0.3, -0.25) is 14.7 Å². The first kappa shape index (κ1) is 19.8. The lowest BCUT2D eigenvalue weighted by Crippen LogP contribution is -2.18. The standard InChI is InChI=1S/C17H18NO7P/c1-3-23-26(22,24-4-2)16-11-6-5-10-15(16)25-17(19)13-8-7-9-14(12-13)18(20)21/h5-12H,3-4H2,1-2H3. The highest BCUT2D eigenvalue weighted by molar-refractivity contribution is 7.62. The maximum absolute atomic E-state index is 13.0. The quantitative estimate of drug-likeness (QED) is 0.226. The highest BCUT2D eigenvalue weighted by atomic mass is 31.2. The number of ether oxygens (including phenoxy) is 1. The van der Waals surface area contributed by atoms with E-state index in [9.17, 15) is 19.5 Å². The van der Waals surface area contributed by atoms with Crippen molar-refractivity contribution in [3.8, 4) is 5.75 Å². The third kappa shape index (κ3) is 4.54. The van der Waals surface area contributed by atoms with Crippen molar-refractivity contribution in [3.05, 3.63) is 64.2 Å². The largest absolute Gasteiger partial charge is 0.422 e. The maximum atomic E-state index is 13.0. The number of carbonyl (C=O) groups is 1. The fourth-order valence-corrected chi connectivity index (χ4v) is 3.88. The van der Waals surface area contributed by atoms with Crippen molar-refractivity contribution in [3.63, 3.8) is 0 Å². The van der Waals surface area contributed by atoms with E-state index in [0.29, 0.717) is 0 Å². The van der Waals surface area contributed by atoms with Crippen LogP contribution in [0.4, 0.5) is 5.69 Å². The van der Waals surface area contributed by atoms with Crippen molar-refractivity contribution in [2.75, 3.05) is 13.2 Å². The minimum Gasteiger partial charge on any atom is -0.422 e. The number of nitro benzene ring substituents is 1. The molecule has 0 aliphatic heterocycles. The molecule has 0 saturated carbocycles. The first-order valence-corrected chi connectivity index (χ1v) is 9.41. The van der Waals surface area contributed by atoms with Crippen LogP contribution >= 0.6 is 7.60 Å². The molecule has 0 bridgehead atoms. The van der Waals surface area contributed by atoms with Crippen molar-refractivity contribution in [2.24, 2.45) is 0 Å². The first-order valence-electron chi connectivity index (χ1n) is 7.86. The number of carbonyl (C=O) groups excluding carboxylic acids is 1. The van der Waals surface area contributed by atoms with Crippen LogP contribution < -0.4 is 10.0 Å². The van der Waals surface area contributed by atoms with Crippen LogP contribution in [0.2, 0.25) is 0 Å². The number of hydrogen-bond donors (Lipinski definition) is 0. The molecule has 0 spiro atoms. The van der Waals surface area contributed by atoms with Gasteiger partial charge in [-0.05, 0) is 32.0 Å². The van der Waals surface area contributed by atoms with Gasteiger partial charge in [0, 0.05) is 12.1 Å². The van der Waals surface area contributed by atoms with Crippen molar-refractivity contribution in [2.45, 2.75) is 13.8 Å². The summed E-state index contributed by atoms with van der Waals surface area (Å²) >= 11 is 0. The number of rotatable bonds is 8. The van der Waals surface area contributed by atoms with E-state index in [1.807, 2.05) is 0 Å². The molecule has 0 fully saturated rings. The van der Waals surface area contributed by atoms with Crippen molar-refractivity contribution < 1.29 is 28.1 Å². The minimum absolute atomic E-state index is 0.00310. The Balaban J connectivity index is 2.36. The number of esters is 1. The predicted molar refractivity (Wildman–Crippen MR) is 95.0 cm³/mol. The van der Waals surface area contributed by atoms with E-state index in [1.54, 1.807) is 26.0 Å². The van der Waals surface area contributed by atoms with Crippen LogP contribution in [-0.4, -0.2) is 24.1 Å².